The number of halogens is 4. The zero-order valence-electron chi connectivity index (χ0n) is 27.3. The smallest absolute Gasteiger partial charge is 0.429 e. The van der Waals surface area contributed by atoms with Crippen LogP contribution in [0, 0.1) is 18.2 Å². The molecule has 11 nitrogen and oxygen atoms in total. The number of alkyl halides is 3. The predicted molar refractivity (Wildman–Crippen MR) is 173 cm³/mol. The number of nitrogens with zero attached hydrogens (tertiary/aromatic N) is 5. The first-order valence-electron chi connectivity index (χ1n) is 15.9. The molecule has 2 atom stereocenters. The summed E-state index contributed by atoms with van der Waals surface area (Å²) in [6, 6.07) is 11.2. The molecular weight excluding hydrogens is 646 g/mol. The summed E-state index contributed by atoms with van der Waals surface area (Å²) in [6.45, 7) is 5.56. The molecule has 1 spiro atoms. The Morgan fingerprint density at radius 2 is 1.84 bits per heavy atom. The van der Waals surface area contributed by atoms with Crippen LogP contribution in [0.1, 0.15) is 43.5 Å². The molecule has 0 bridgehead atoms. The number of hydrogen-bond donors (Lipinski definition) is 2. The van der Waals surface area contributed by atoms with Crippen LogP contribution in [0.15, 0.2) is 54.7 Å². The lowest BCUT2D eigenvalue weighted by atomic mass is 9.76. The molecule has 15 heteroatoms. The number of piperidine rings is 1. The molecular formula is C34H37F4N7O4. The van der Waals surface area contributed by atoms with Crippen LogP contribution in [-0.2, 0) is 9.53 Å². The van der Waals surface area contributed by atoms with Crippen LogP contribution in [-0.4, -0.2) is 71.3 Å². The van der Waals surface area contributed by atoms with E-state index in [2.05, 4.69) is 20.4 Å². The van der Waals surface area contributed by atoms with E-state index in [1.807, 2.05) is 4.90 Å². The van der Waals surface area contributed by atoms with Crippen molar-refractivity contribution in [3.63, 3.8) is 0 Å². The van der Waals surface area contributed by atoms with Crippen LogP contribution in [0.2, 0.25) is 0 Å². The summed E-state index contributed by atoms with van der Waals surface area (Å²) in [5.41, 5.74) is 7.21. The van der Waals surface area contributed by atoms with Crippen molar-refractivity contribution in [3.05, 3.63) is 71.8 Å². The fraction of sp³-hybridized carbons (Fsp3) is 0.412. The summed E-state index contributed by atoms with van der Waals surface area (Å²) in [5, 5.41) is 7.62. The second kappa shape index (κ2) is 13.5. The molecule has 4 heterocycles. The average Bonchev–Trinajstić information content (AvgIpc) is 3.69. The zero-order valence-corrected chi connectivity index (χ0v) is 27.3. The number of nitrogen functional groups attached to an aromatic ring is 1. The van der Waals surface area contributed by atoms with E-state index >= 15 is 0 Å². The summed E-state index contributed by atoms with van der Waals surface area (Å²) < 4.78 is 76.3. The van der Waals surface area contributed by atoms with E-state index in [-0.39, 0.29) is 46.3 Å². The number of hydrogen-bond acceptors (Lipinski definition) is 10. The van der Waals surface area contributed by atoms with Gasteiger partial charge in [0.15, 0.2) is 11.6 Å². The molecule has 2 fully saturated rings. The normalized spacial score (nSPS) is 18.0. The van der Waals surface area contributed by atoms with Crippen molar-refractivity contribution >= 4 is 17.7 Å². The maximum Gasteiger partial charge on any atom is 0.429 e. The molecule has 260 valence electrons. The molecule has 3 N–H and O–H groups in total. The van der Waals surface area contributed by atoms with Gasteiger partial charge in [-0.15, -0.1) is 0 Å². The molecule has 0 radical (unpaired) electrons. The SMILES string of the molecule is CCOC(=O)[C@@H]1CC2(CCN(c3cc(O[C@H](c4ccc(-c5ccc(OC)c(F)c5)cc4-n4ccc(C)n4)C(F)(F)F)nc(N)n3)CC2)CN1. The topological polar surface area (TPSA) is 130 Å². The second-order valence-electron chi connectivity index (χ2n) is 12.4. The minimum absolute atomic E-state index is 0.0413. The number of aromatic nitrogens is 4. The fourth-order valence-corrected chi connectivity index (χ4v) is 6.54. The van der Waals surface area contributed by atoms with E-state index in [9.17, 15) is 22.4 Å². The van der Waals surface area contributed by atoms with Crippen LogP contribution in [0.3, 0.4) is 0 Å². The molecule has 0 amide bonds. The van der Waals surface area contributed by atoms with Crippen LogP contribution in [0.5, 0.6) is 11.6 Å². The highest BCUT2D eigenvalue weighted by molar-refractivity contribution is 5.76. The van der Waals surface area contributed by atoms with E-state index in [1.165, 1.54) is 48.2 Å². The summed E-state index contributed by atoms with van der Waals surface area (Å²) in [7, 11) is 1.34. The van der Waals surface area contributed by atoms with E-state index < -0.39 is 18.1 Å². The zero-order chi connectivity index (χ0) is 34.9. The highest BCUT2D eigenvalue weighted by Crippen LogP contribution is 2.43. The maximum atomic E-state index is 14.9. The van der Waals surface area contributed by atoms with Gasteiger partial charge in [-0.2, -0.15) is 28.2 Å². The van der Waals surface area contributed by atoms with Crippen molar-refractivity contribution < 1.29 is 36.6 Å². The Labute approximate surface area is 280 Å². The van der Waals surface area contributed by atoms with Crippen LogP contribution < -0.4 is 25.4 Å². The van der Waals surface area contributed by atoms with Crippen molar-refractivity contribution in [2.24, 2.45) is 5.41 Å². The Bertz CT molecular complexity index is 1820. The summed E-state index contributed by atoms with van der Waals surface area (Å²) >= 11 is 0. The summed E-state index contributed by atoms with van der Waals surface area (Å²) in [6.07, 6.45) is -3.69. The molecule has 2 aromatic heterocycles. The first kappa shape index (κ1) is 34.0. The van der Waals surface area contributed by atoms with Gasteiger partial charge in [0.2, 0.25) is 17.9 Å². The van der Waals surface area contributed by atoms with E-state index in [0.717, 1.165) is 12.8 Å². The Kier molecular flexibility index (Phi) is 9.38. The molecule has 2 aromatic carbocycles. The number of ether oxygens (including phenoxy) is 3. The first-order valence-corrected chi connectivity index (χ1v) is 15.9. The molecule has 0 saturated carbocycles. The van der Waals surface area contributed by atoms with Gasteiger partial charge in [-0.1, -0.05) is 18.2 Å². The van der Waals surface area contributed by atoms with Crippen LogP contribution in [0.25, 0.3) is 16.8 Å². The number of carbonyl (C=O) groups is 1. The number of methoxy groups -OCH3 is 1. The molecule has 0 unspecified atom stereocenters. The van der Waals surface area contributed by atoms with Crippen molar-refractivity contribution in [3.8, 4) is 28.4 Å². The van der Waals surface area contributed by atoms with Gasteiger partial charge in [-0.25, -0.2) is 9.07 Å². The number of anilines is 2. The van der Waals surface area contributed by atoms with Crippen molar-refractivity contribution in [2.45, 2.75) is 51.4 Å². The van der Waals surface area contributed by atoms with Gasteiger partial charge < -0.3 is 30.2 Å². The third-order valence-corrected chi connectivity index (χ3v) is 9.09. The lowest BCUT2D eigenvalue weighted by Gasteiger charge is -2.39. The van der Waals surface area contributed by atoms with Gasteiger partial charge in [0, 0.05) is 37.5 Å². The summed E-state index contributed by atoms with van der Waals surface area (Å²) in [4.78, 5) is 22.5. The van der Waals surface area contributed by atoms with Crippen LogP contribution in [0.4, 0.5) is 29.3 Å². The minimum Gasteiger partial charge on any atom is -0.494 e. The maximum absolute atomic E-state index is 14.9. The molecule has 2 aliphatic rings. The van der Waals surface area contributed by atoms with Crippen molar-refractivity contribution in [2.75, 3.05) is 44.0 Å². The van der Waals surface area contributed by atoms with E-state index in [1.54, 1.807) is 32.2 Å². The van der Waals surface area contributed by atoms with Crippen LogP contribution >= 0.6 is 0 Å². The predicted octanol–water partition coefficient (Wildman–Crippen LogP) is 5.56. The number of carbonyl (C=O) groups excluding carboxylic acids is 1. The van der Waals surface area contributed by atoms with Crippen molar-refractivity contribution in [1.82, 2.24) is 25.1 Å². The Morgan fingerprint density at radius 3 is 2.49 bits per heavy atom. The van der Waals surface area contributed by atoms with Gasteiger partial charge in [0.1, 0.15) is 11.9 Å². The van der Waals surface area contributed by atoms with E-state index in [0.29, 0.717) is 55.3 Å². The molecule has 6 rings (SSSR count). The lowest BCUT2D eigenvalue weighted by molar-refractivity contribution is -0.198. The largest absolute Gasteiger partial charge is 0.494 e. The Hall–Kier alpha value is -4.92. The van der Waals surface area contributed by atoms with Gasteiger partial charge in [-0.3, -0.25) is 4.79 Å². The van der Waals surface area contributed by atoms with Gasteiger partial charge in [0.05, 0.1) is 25.1 Å². The second-order valence-corrected chi connectivity index (χ2v) is 12.4. The number of nitrogens with two attached hydrogens (primary N) is 1. The third-order valence-electron chi connectivity index (χ3n) is 9.09. The number of benzene rings is 2. The number of nitrogens with one attached hydrogen (secondary N) is 1. The average molecular weight is 684 g/mol. The van der Waals surface area contributed by atoms with Gasteiger partial charge >= 0.3 is 12.1 Å². The number of esters is 1. The molecule has 49 heavy (non-hydrogen) atoms. The fourth-order valence-electron chi connectivity index (χ4n) is 6.54. The number of rotatable bonds is 9. The Morgan fingerprint density at radius 1 is 1.10 bits per heavy atom. The summed E-state index contributed by atoms with van der Waals surface area (Å²) in [5.74, 6) is -1.08. The van der Waals surface area contributed by atoms with Gasteiger partial charge in [0.25, 0.3) is 0 Å². The molecule has 2 aliphatic heterocycles. The lowest BCUT2D eigenvalue weighted by Crippen LogP contribution is -2.41. The first-order chi connectivity index (χ1) is 23.4. The quantitative estimate of drug-likeness (QED) is 0.171. The standard InChI is InChI=1S/C34H37F4N7O4/c1-4-48-31(46)25-18-33(19-40-25)10-13-44(14-11-33)28-17-29(42-32(39)41-28)49-30(34(36,37)38)23-7-5-22(16-26(23)45-12-9-20(2)43-45)21-6-8-27(47-3)24(35)15-21/h5-9,12,15-17,25,30,40H,4,10-11,13-14,18-19H2,1-3H3,(H2,39,41,42)/t25-,30+/m0/s1. The molecule has 4 aromatic rings. The monoisotopic (exact) mass is 683 g/mol. The third kappa shape index (κ3) is 7.26. The minimum atomic E-state index is -4.88. The number of aryl methyl sites for hydroxylation is 1. The van der Waals surface area contributed by atoms with E-state index in [4.69, 9.17) is 19.9 Å². The Balaban J connectivity index is 1.28. The molecule has 0 aliphatic carbocycles. The highest BCUT2D eigenvalue weighted by Gasteiger charge is 2.46. The van der Waals surface area contributed by atoms with Crippen molar-refractivity contribution in [1.29, 1.82) is 0 Å². The molecule has 2 saturated heterocycles. The highest BCUT2D eigenvalue weighted by atomic mass is 19.4. The van der Waals surface area contributed by atoms with Gasteiger partial charge in [-0.05, 0) is 73.9 Å².